The molecule has 2 N–H and O–H groups in total. The molecule has 0 unspecified atom stereocenters. The molecule has 3 nitrogen and oxygen atoms in total. The molecule has 0 saturated heterocycles. The molecule has 124 valence electrons. The molecule has 0 aliphatic heterocycles. The van der Waals surface area contributed by atoms with E-state index in [0.717, 1.165) is 22.2 Å². The van der Waals surface area contributed by atoms with Crippen LogP contribution in [0.2, 0.25) is 0 Å². The molecule has 0 aliphatic rings. The number of halogens is 4. The van der Waals surface area contributed by atoms with Crippen LogP contribution in [0.4, 0.5) is 8.78 Å². The van der Waals surface area contributed by atoms with Crippen LogP contribution in [-0.4, -0.2) is 13.0 Å². The van der Waals surface area contributed by atoms with Gasteiger partial charge in [-0.15, -0.1) is 24.0 Å². The van der Waals surface area contributed by atoms with Crippen molar-refractivity contribution in [2.45, 2.75) is 13.1 Å². The van der Waals surface area contributed by atoms with Gasteiger partial charge in [0.05, 0.1) is 0 Å². The number of hydrogen-bond acceptors (Lipinski definition) is 1. The van der Waals surface area contributed by atoms with Crippen molar-refractivity contribution < 1.29 is 8.78 Å². The van der Waals surface area contributed by atoms with Crippen molar-refractivity contribution in [1.82, 2.24) is 10.6 Å². The summed E-state index contributed by atoms with van der Waals surface area (Å²) in [5.74, 6) is -0.389. The maximum Gasteiger partial charge on any atom is 0.191 e. The van der Waals surface area contributed by atoms with Gasteiger partial charge in [-0.05, 0) is 35.9 Å². The zero-order valence-electron chi connectivity index (χ0n) is 12.4. The van der Waals surface area contributed by atoms with Gasteiger partial charge in [0.1, 0.15) is 11.6 Å². The van der Waals surface area contributed by atoms with Crippen molar-refractivity contribution in [2.75, 3.05) is 7.05 Å². The Labute approximate surface area is 159 Å². The molecular formula is C16H17BrF2IN3. The minimum absolute atomic E-state index is 0. The SMILES string of the molecule is CN=C(NCc1ccc(Br)cc1)NCc1cc(F)ccc1F.I. The first-order chi connectivity index (χ1) is 10.6. The monoisotopic (exact) mass is 495 g/mol. The van der Waals surface area contributed by atoms with Crippen LogP contribution < -0.4 is 10.6 Å². The normalized spacial score (nSPS) is 10.9. The molecule has 0 bridgehead atoms. The minimum Gasteiger partial charge on any atom is -0.352 e. The Morgan fingerprint density at radius 1 is 1.04 bits per heavy atom. The zero-order valence-corrected chi connectivity index (χ0v) is 16.4. The molecule has 0 aliphatic carbocycles. The highest BCUT2D eigenvalue weighted by molar-refractivity contribution is 14.0. The zero-order chi connectivity index (χ0) is 15.9. The number of rotatable bonds is 4. The summed E-state index contributed by atoms with van der Waals surface area (Å²) >= 11 is 3.38. The number of nitrogens with zero attached hydrogens (tertiary/aromatic N) is 1. The number of guanidine groups is 1. The van der Waals surface area contributed by atoms with Gasteiger partial charge in [0.15, 0.2) is 5.96 Å². The summed E-state index contributed by atoms with van der Waals surface area (Å²) in [6, 6.07) is 11.3. The summed E-state index contributed by atoms with van der Waals surface area (Å²) in [6.45, 7) is 0.738. The smallest absolute Gasteiger partial charge is 0.191 e. The fourth-order valence-electron chi connectivity index (χ4n) is 1.87. The number of benzene rings is 2. The summed E-state index contributed by atoms with van der Waals surface area (Å²) in [5, 5.41) is 6.08. The average Bonchev–Trinajstić information content (AvgIpc) is 2.52. The molecule has 23 heavy (non-hydrogen) atoms. The molecule has 0 saturated carbocycles. The first kappa shape index (κ1) is 19.8. The first-order valence-electron chi connectivity index (χ1n) is 6.71. The van der Waals surface area contributed by atoms with Gasteiger partial charge in [0.2, 0.25) is 0 Å². The van der Waals surface area contributed by atoms with Gasteiger partial charge in [-0.2, -0.15) is 0 Å². The largest absolute Gasteiger partial charge is 0.352 e. The van der Waals surface area contributed by atoms with Gasteiger partial charge in [0, 0.05) is 30.2 Å². The van der Waals surface area contributed by atoms with Crippen LogP contribution in [0.5, 0.6) is 0 Å². The standard InChI is InChI=1S/C16H16BrF2N3.HI/c1-20-16(21-9-11-2-4-13(17)5-3-11)22-10-12-8-14(18)6-7-15(12)19;/h2-8H,9-10H2,1H3,(H2,20,21,22);1H. The molecular weight excluding hydrogens is 479 g/mol. The molecule has 7 heteroatoms. The molecule has 0 heterocycles. The lowest BCUT2D eigenvalue weighted by molar-refractivity contribution is 0.581. The van der Waals surface area contributed by atoms with Crippen LogP contribution >= 0.6 is 39.9 Å². The van der Waals surface area contributed by atoms with Gasteiger partial charge < -0.3 is 10.6 Å². The molecule has 0 amide bonds. The summed E-state index contributed by atoms with van der Waals surface area (Å²) in [4.78, 5) is 4.06. The molecule has 0 spiro atoms. The maximum absolute atomic E-state index is 13.5. The van der Waals surface area contributed by atoms with Gasteiger partial charge >= 0.3 is 0 Å². The first-order valence-corrected chi connectivity index (χ1v) is 7.50. The second-order valence-corrected chi connectivity index (χ2v) is 5.56. The van der Waals surface area contributed by atoms with Crippen LogP contribution in [0, 0.1) is 11.6 Å². The molecule has 0 radical (unpaired) electrons. The third kappa shape index (κ3) is 6.42. The second-order valence-electron chi connectivity index (χ2n) is 4.64. The summed E-state index contributed by atoms with van der Waals surface area (Å²) in [6.07, 6.45) is 0. The number of hydrogen-bond donors (Lipinski definition) is 2. The Morgan fingerprint density at radius 2 is 1.70 bits per heavy atom. The Balaban J connectivity index is 0.00000264. The molecule has 0 fully saturated rings. The van der Waals surface area contributed by atoms with E-state index in [0.29, 0.717) is 12.5 Å². The molecule has 2 aromatic rings. The Hall–Kier alpha value is -1.22. The quantitative estimate of drug-likeness (QED) is 0.378. The van der Waals surface area contributed by atoms with E-state index in [2.05, 4.69) is 31.6 Å². The minimum atomic E-state index is -0.462. The predicted octanol–water partition coefficient (Wildman–Crippen LogP) is 4.21. The van der Waals surface area contributed by atoms with Crippen molar-refractivity contribution in [2.24, 2.45) is 4.99 Å². The van der Waals surface area contributed by atoms with E-state index < -0.39 is 11.6 Å². The lowest BCUT2D eigenvalue weighted by Crippen LogP contribution is -2.36. The molecule has 0 atom stereocenters. The van der Waals surface area contributed by atoms with Gasteiger partial charge in [-0.3, -0.25) is 4.99 Å². The van der Waals surface area contributed by atoms with E-state index in [4.69, 9.17) is 0 Å². The lowest BCUT2D eigenvalue weighted by atomic mass is 10.2. The summed E-state index contributed by atoms with van der Waals surface area (Å²) in [7, 11) is 1.62. The molecule has 2 aromatic carbocycles. The lowest BCUT2D eigenvalue weighted by Gasteiger charge is -2.12. The molecule has 0 aromatic heterocycles. The van der Waals surface area contributed by atoms with Crippen molar-refractivity contribution in [3.05, 3.63) is 69.7 Å². The molecule has 2 rings (SSSR count). The van der Waals surface area contributed by atoms with Gasteiger partial charge in [-0.1, -0.05) is 28.1 Å². The highest BCUT2D eigenvalue weighted by atomic mass is 127. The van der Waals surface area contributed by atoms with Crippen LogP contribution in [0.15, 0.2) is 51.9 Å². The Kier molecular flexibility index (Phi) is 8.46. The van der Waals surface area contributed by atoms with Crippen molar-refractivity contribution >= 4 is 45.9 Å². The van der Waals surface area contributed by atoms with Crippen LogP contribution in [0.3, 0.4) is 0 Å². The van der Waals surface area contributed by atoms with E-state index >= 15 is 0 Å². The predicted molar refractivity (Wildman–Crippen MR) is 103 cm³/mol. The van der Waals surface area contributed by atoms with E-state index in [9.17, 15) is 8.78 Å². The highest BCUT2D eigenvalue weighted by Gasteiger charge is 2.05. The van der Waals surface area contributed by atoms with Gasteiger partial charge in [0.25, 0.3) is 0 Å². The highest BCUT2D eigenvalue weighted by Crippen LogP contribution is 2.10. The van der Waals surface area contributed by atoms with Gasteiger partial charge in [-0.25, -0.2) is 8.78 Å². The Bertz CT molecular complexity index is 663. The van der Waals surface area contributed by atoms with E-state index in [1.807, 2.05) is 24.3 Å². The topological polar surface area (TPSA) is 36.4 Å². The van der Waals surface area contributed by atoms with E-state index in [1.165, 1.54) is 6.07 Å². The number of nitrogens with one attached hydrogen (secondary N) is 2. The van der Waals surface area contributed by atoms with E-state index in [-0.39, 0.29) is 36.1 Å². The van der Waals surface area contributed by atoms with Crippen LogP contribution in [-0.2, 0) is 13.1 Å². The maximum atomic E-state index is 13.5. The van der Waals surface area contributed by atoms with Crippen molar-refractivity contribution in [3.8, 4) is 0 Å². The third-order valence-electron chi connectivity index (χ3n) is 3.05. The number of aliphatic imine (C=N–C) groups is 1. The van der Waals surface area contributed by atoms with Crippen LogP contribution in [0.25, 0.3) is 0 Å². The fourth-order valence-corrected chi connectivity index (χ4v) is 2.13. The average molecular weight is 496 g/mol. The van der Waals surface area contributed by atoms with Crippen molar-refractivity contribution in [1.29, 1.82) is 0 Å². The van der Waals surface area contributed by atoms with Crippen LogP contribution in [0.1, 0.15) is 11.1 Å². The summed E-state index contributed by atoms with van der Waals surface area (Å²) in [5.41, 5.74) is 1.34. The fraction of sp³-hybridized carbons (Fsp3) is 0.188. The Morgan fingerprint density at radius 3 is 2.35 bits per heavy atom. The second kappa shape index (κ2) is 9.82. The summed E-state index contributed by atoms with van der Waals surface area (Å²) < 4.78 is 27.7. The van der Waals surface area contributed by atoms with E-state index in [1.54, 1.807) is 7.05 Å². The third-order valence-corrected chi connectivity index (χ3v) is 3.58. The van der Waals surface area contributed by atoms with Crippen molar-refractivity contribution in [3.63, 3.8) is 0 Å².